The van der Waals surface area contributed by atoms with Crippen molar-refractivity contribution in [1.29, 1.82) is 0 Å². The van der Waals surface area contributed by atoms with E-state index in [1.807, 2.05) is 25.3 Å². The van der Waals surface area contributed by atoms with Crippen molar-refractivity contribution >= 4 is 17.2 Å². The first-order valence-electron chi connectivity index (χ1n) is 6.14. The minimum atomic E-state index is -0.0935. The van der Waals surface area contributed by atoms with Gasteiger partial charge < -0.3 is 11.1 Å². The van der Waals surface area contributed by atoms with Gasteiger partial charge in [-0.1, -0.05) is 26.8 Å². The molecular formula is C13H22N2OS. The van der Waals surface area contributed by atoms with Gasteiger partial charge in [0, 0.05) is 11.4 Å². The number of carbonyl (C=O) groups is 1. The highest BCUT2D eigenvalue weighted by molar-refractivity contribution is 7.10. The molecule has 0 saturated heterocycles. The molecule has 0 bridgehead atoms. The number of amides is 1. The van der Waals surface area contributed by atoms with E-state index in [0.29, 0.717) is 6.54 Å². The molecule has 0 aliphatic carbocycles. The van der Waals surface area contributed by atoms with E-state index in [2.05, 4.69) is 18.3 Å². The first-order chi connectivity index (χ1) is 8.10. The van der Waals surface area contributed by atoms with Gasteiger partial charge in [0.05, 0.1) is 12.0 Å². The van der Waals surface area contributed by atoms with Crippen molar-refractivity contribution < 1.29 is 4.79 Å². The van der Waals surface area contributed by atoms with Crippen LogP contribution in [0, 0.1) is 11.8 Å². The Balaban J connectivity index is 2.65. The molecule has 1 aromatic heterocycles. The molecule has 0 radical (unpaired) electrons. The van der Waals surface area contributed by atoms with Gasteiger partial charge in [-0.05, 0) is 23.8 Å². The lowest BCUT2D eigenvalue weighted by atomic mass is 9.94. The Hall–Kier alpha value is -0.870. The van der Waals surface area contributed by atoms with Crippen LogP contribution in [0.2, 0.25) is 0 Å². The van der Waals surface area contributed by atoms with E-state index < -0.39 is 0 Å². The molecule has 0 aliphatic heterocycles. The van der Waals surface area contributed by atoms with E-state index in [9.17, 15) is 4.79 Å². The predicted molar refractivity (Wildman–Crippen MR) is 72.9 cm³/mol. The van der Waals surface area contributed by atoms with Crippen molar-refractivity contribution in [3.63, 3.8) is 0 Å². The summed E-state index contributed by atoms with van der Waals surface area (Å²) in [4.78, 5) is 13.3. The number of carbonyl (C=O) groups excluding carboxylic acids is 1. The highest BCUT2D eigenvalue weighted by Crippen LogP contribution is 2.22. The average molecular weight is 254 g/mol. The molecule has 0 saturated carbocycles. The third kappa shape index (κ3) is 3.82. The molecule has 1 rings (SSSR count). The second kappa shape index (κ2) is 6.77. The number of hydrogen-bond donors (Lipinski definition) is 2. The molecule has 4 heteroatoms. The van der Waals surface area contributed by atoms with Gasteiger partial charge >= 0.3 is 0 Å². The molecule has 2 unspecified atom stereocenters. The third-order valence-corrected chi connectivity index (χ3v) is 3.99. The normalized spacial score (nSPS) is 14.6. The number of nitrogens with two attached hydrogens (primary N) is 1. The van der Waals surface area contributed by atoms with Crippen LogP contribution in [-0.2, 0) is 4.79 Å². The predicted octanol–water partition coefficient (Wildman–Crippen LogP) is 2.55. The maximum Gasteiger partial charge on any atom is 0.225 e. The van der Waals surface area contributed by atoms with E-state index in [4.69, 9.17) is 5.73 Å². The molecule has 0 spiro atoms. The minimum absolute atomic E-state index is 0.0720. The quantitative estimate of drug-likeness (QED) is 0.819. The van der Waals surface area contributed by atoms with Crippen LogP contribution in [0.3, 0.4) is 0 Å². The van der Waals surface area contributed by atoms with Crippen molar-refractivity contribution in [2.24, 2.45) is 17.6 Å². The molecule has 0 aliphatic rings. The van der Waals surface area contributed by atoms with Gasteiger partial charge in [0.25, 0.3) is 0 Å². The van der Waals surface area contributed by atoms with Gasteiger partial charge in [-0.2, -0.15) is 0 Å². The van der Waals surface area contributed by atoms with Gasteiger partial charge in [-0.25, -0.2) is 0 Å². The van der Waals surface area contributed by atoms with Crippen LogP contribution in [0.1, 0.15) is 38.1 Å². The standard InChI is InChI=1S/C13H22N2OS/c1-4-11(12-6-5-7-17-12)15-13(16)10(8-14)9(2)3/h5-7,9-11H,4,8,14H2,1-3H3,(H,15,16). The zero-order valence-electron chi connectivity index (χ0n) is 10.8. The summed E-state index contributed by atoms with van der Waals surface area (Å²) in [5, 5.41) is 5.13. The summed E-state index contributed by atoms with van der Waals surface area (Å²) in [5.41, 5.74) is 5.65. The second-order valence-corrected chi connectivity index (χ2v) is 5.55. The van der Waals surface area contributed by atoms with Crippen LogP contribution in [0.4, 0.5) is 0 Å². The molecule has 96 valence electrons. The minimum Gasteiger partial charge on any atom is -0.348 e. The fourth-order valence-electron chi connectivity index (χ4n) is 1.82. The first-order valence-corrected chi connectivity index (χ1v) is 7.01. The van der Waals surface area contributed by atoms with Crippen molar-refractivity contribution in [1.82, 2.24) is 5.32 Å². The Kier molecular flexibility index (Phi) is 5.65. The molecule has 0 fully saturated rings. The van der Waals surface area contributed by atoms with Gasteiger partial charge in [-0.15, -0.1) is 11.3 Å². The van der Waals surface area contributed by atoms with Gasteiger partial charge in [0.2, 0.25) is 5.91 Å². The lowest BCUT2D eigenvalue weighted by Gasteiger charge is -2.22. The van der Waals surface area contributed by atoms with Gasteiger partial charge in [0.15, 0.2) is 0 Å². The Bertz CT molecular complexity index is 335. The van der Waals surface area contributed by atoms with Gasteiger partial charge in [-0.3, -0.25) is 4.79 Å². The highest BCUT2D eigenvalue weighted by atomic mass is 32.1. The molecule has 17 heavy (non-hydrogen) atoms. The van der Waals surface area contributed by atoms with Crippen molar-refractivity contribution in [2.75, 3.05) is 6.54 Å². The fourth-order valence-corrected chi connectivity index (χ4v) is 2.69. The van der Waals surface area contributed by atoms with E-state index >= 15 is 0 Å². The highest BCUT2D eigenvalue weighted by Gasteiger charge is 2.23. The lowest BCUT2D eigenvalue weighted by Crippen LogP contribution is -2.39. The molecule has 1 aromatic rings. The summed E-state index contributed by atoms with van der Waals surface area (Å²) < 4.78 is 0. The first kappa shape index (κ1) is 14.2. The van der Waals surface area contributed by atoms with Crippen molar-refractivity contribution in [2.45, 2.75) is 33.2 Å². The zero-order valence-corrected chi connectivity index (χ0v) is 11.6. The SMILES string of the molecule is CCC(NC(=O)C(CN)C(C)C)c1cccs1. The number of nitrogens with one attached hydrogen (secondary N) is 1. The third-order valence-electron chi connectivity index (χ3n) is 3.01. The molecule has 1 heterocycles. The maximum absolute atomic E-state index is 12.1. The van der Waals surface area contributed by atoms with E-state index in [-0.39, 0.29) is 23.8 Å². The topological polar surface area (TPSA) is 55.1 Å². The molecular weight excluding hydrogens is 232 g/mol. The molecule has 3 N–H and O–H groups in total. The lowest BCUT2D eigenvalue weighted by molar-refractivity contribution is -0.126. The summed E-state index contributed by atoms with van der Waals surface area (Å²) in [6.45, 7) is 6.55. The van der Waals surface area contributed by atoms with Crippen LogP contribution >= 0.6 is 11.3 Å². The Morgan fingerprint density at radius 2 is 2.24 bits per heavy atom. The second-order valence-electron chi connectivity index (χ2n) is 4.57. The summed E-state index contributed by atoms with van der Waals surface area (Å²) >= 11 is 1.68. The van der Waals surface area contributed by atoms with Crippen molar-refractivity contribution in [3.8, 4) is 0 Å². The van der Waals surface area contributed by atoms with Crippen molar-refractivity contribution in [3.05, 3.63) is 22.4 Å². The largest absolute Gasteiger partial charge is 0.348 e. The number of thiophene rings is 1. The summed E-state index contributed by atoms with van der Waals surface area (Å²) in [7, 11) is 0. The summed E-state index contributed by atoms with van der Waals surface area (Å²) in [5.74, 6) is 0.257. The molecule has 3 nitrogen and oxygen atoms in total. The van der Waals surface area contributed by atoms with Crippen LogP contribution in [0.5, 0.6) is 0 Å². The molecule has 2 atom stereocenters. The Labute approximate surface area is 107 Å². The monoisotopic (exact) mass is 254 g/mol. The maximum atomic E-state index is 12.1. The zero-order chi connectivity index (χ0) is 12.8. The van der Waals surface area contributed by atoms with Crippen LogP contribution in [-0.4, -0.2) is 12.5 Å². The Morgan fingerprint density at radius 3 is 2.65 bits per heavy atom. The number of hydrogen-bond acceptors (Lipinski definition) is 3. The number of rotatable bonds is 6. The smallest absolute Gasteiger partial charge is 0.225 e. The van der Waals surface area contributed by atoms with E-state index in [0.717, 1.165) is 6.42 Å². The van der Waals surface area contributed by atoms with Crippen LogP contribution < -0.4 is 11.1 Å². The van der Waals surface area contributed by atoms with Crippen LogP contribution in [0.15, 0.2) is 17.5 Å². The van der Waals surface area contributed by atoms with Gasteiger partial charge in [0.1, 0.15) is 0 Å². The van der Waals surface area contributed by atoms with E-state index in [1.165, 1.54) is 4.88 Å². The summed E-state index contributed by atoms with van der Waals surface area (Å²) in [6.07, 6.45) is 0.904. The van der Waals surface area contributed by atoms with Crippen LogP contribution in [0.25, 0.3) is 0 Å². The average Bonchev–Trinajstić information content (AvgIpc) is 2.79. The Morgan fingerprint density at radius 1 is 1.53 bits per heavy atom. The summed E-state index contributed by atoms with van der Waals surface area (Å²) in [6, 6.07) is 4.19. The fraction of sp³-hybridized carbons (Fsp3) is 0.615. The van der Waals surface area contributed by atoms with E-state index in [1.54, 1.807) is 11.3 Å². The molecule has 0 aromatic carbocycles. The molecule has 1 amide bonds.